The zero-order chi connectivity index (χ0) is 9.26. The zero-order valence-electron chi connectivity index (χ0n) is 7.08. The molecule has 0 N–H and O–H groups in total. The molecule has 2 rings (SSSR count). The van der Waals surface area contributed by atoms with Gasteiger partial charge in [-0.1, -0.05) is 0 Å². The van der Waals surface area contributed by atoms with Crippen LogP contribution in [0.25, 0.3) is 5.82 Å². The van der Waals surface area contributed by atoms with Gasteiger partial charge in [-0.05, 0) is 0 Å². The van der Waals surface area contributed by atoms with Crippen LogP contribution in [0.2, 0.25) is 0 Å². The van der Waals surface area contributed by atoms with Crippen molar-refractivity contribution in [3.63, 3.8) is 0 Å². The van der Waals surface area contributed by atoms with Gasteiger partial charge in [-0.2, -0.15) is 0 Å². The van der Waals surface area contributed by atoms with Crippen LogP contribution < -0.4 is 5.56 Å². The van der Waals surface area contributed by atoms with E-state index in [0.29, 0.717) is 5.82 Å². The number of imidazole rings is 1. The molecule has 0 aliphatic carbocycles. The molecule has 2 heterocycles. The normalized spacial score (nSPS) is 10.2. The van der Waals surface area contributed by atoms with Crippen LogP contribution in [0.3, 0.4) is 0 Å². The molecule has 0 aliphatic rings. The molecule has 0 aromatic carbocycles. The lowest BCUT2D eigenvalue weighted by Gasteiger charge is -2.00. The third kappa shape index (κ3) is 1.35. The van der Waals surface area contributed by atoms with E-state index in [9.17, 15) is 4.79 Å². The molecule has 0 spiro atoms. The fraction of sp³-hybridized carbons (Fsp3) is 0.125. The summed E-state index contributed by atoms with van der Waals surface area (Å²) in [5, 5.41) is 0. The number of rotatable bonds is 1. The molecule has 0 radical (unpaired) electrons. The molecule has 0 fully saturated rings. The van der Waals surface area contributed by atoms with Crippen molar-refractivity contribution in [3.05, 3.63) is 41.5 Å². The molecule has 0 unspecified atom stereocenters. The average Bonchev–Trinajstić information content (AvgIpc) is 2.62. The molecule has 0 bridgehead atoms. The number of nitrogens with zero attached hydrogens (tertiary/aromatic N) is 4. The van der Waals surface area contributed by atoms with E-state index >= 15 is 0 Å². The predicted molar refractivity (Wildman–Crippen MR) is 46.6 cm³/mol. The maximum absolute atomic E-state index is 11.2. The second-order valence-corrected chi connectivity index (χ2v) is 2.67. The van der Waals surface area contributed by atoms with Crippen molar-refractivity contribution in [2.45, 2.75) is 0 Å². The monoisotopic (exact) mass is 176 g/mol. The Morgan fingerprint density at radius 3 is 2.85 bits per heavy atom. The summed E-state index contributed by atoms with van der Waals surface area (Å²) in [5.74, 6) is 0.584. The third-order valence-electron chi connectivity index (χ3n) is 1.73. The molecule has 5 heteroatoms. The second-order valence-electron chi connectivity index (χ2n) is 2.67. The van der Waals surface area contributed by atoms with Gasteiger partial charge in [0.1, 0.15) is 12.1 Å². The molecule has 2 aromatic heterocycles. The van der Waals surface area contributed by atoms with Crippen LogP contribution in [0.15, 0.2) is 35.9 Å². The molecule has 0 aliphatic heterocycles. The van der Waals surface area contributed by atoms with E-state index < -0.39 is 0 Å². The molecule has 66 valence electrons. The van der Waals surface area contributed by atoms with Crippen molar-refractivity contribution in [1.29, 1.82) is 0 Å². The Bertz CT molecular complexity index is 457. The smallest absolute Gasteiger partial charge is 0.255 e. The van der Waals surface area contributed by atoms with Gasteiger partial charge in [0.2, 0.25) is 0 Å². The number of aromatic nitrogens is 4. The lowest BCUT2D eigenvalue weighted by molar-refractivity contribution is 0.805. The Hall–Kier alpha value is -1.91. The molecule has 0 atom stereocenters. The van der Waals surface area contributed by atoms with E-state index in [1.165, 1.54) is 17.0 Å². The van der Waals surface area contributed by atoms with Crippen LogP contribution >= 0.6 is 0 Å². The molecule has 0 saturated carbocycles. The highest BCUT2D eigenvalue weighted by Gasteiger charge is 1.97. The van der Waals surface area contributed by atoms with E-state index in [-0.39, 0.29) is 5.56 Å². The maximum atomic E-state index is 11.2. The van der Waals surface area contributed by atoms with Crippen LogP contribution in [0, 0.1) is 0 Å². The third-order valence-corrected chi connectivity index (χ3v) is 1.73. The quantitative estimate of drug-likeness (QED) is 0.613. The minimum atomic E-state index is -0.0845. The average molecular weight is 176 g/mol. The van der Waals surface area contributed by atoms with Crippen molar-refractivity contribution < 1.29 is 0 Å². The van der Waals surface area contributed by atoms with Gasteiger partial charge in [0.15, 0.2) is 0 Å². The Balaban J connectivity index is 2.55. The van der Waals surface area contributed by atoms with Crippen molar-refractivity contribution in [1.82, 2.24) is 19.1 Å². The minimum Gasteiger partial charge on any atom is -0.302 e. The van der Waals surface area contributed by atoms with Gasteiger partial charge in [-0.15, -0.1) is 0 Å². The van der Waals surface area contributed by atoms with Crippen LogP contribution in [-0.4, -0.2) is 19.1 Å². The van der Waals surface area contributed by atoms with E-state index in [1.54, 1.807) is 30.3 Å². The van der Waals surface area contributed by atoms with Gasteiger partial charge in [-0.25, -0.2) is 9.97 Å². The first kappa shape index (κ1) is 7.72. The van der Waals surface area contributed by atoms with E-state index in [0.717, 1.165) is 0 Å². The number of hydrogen-bond acceptors (Lipinski definition) is 3. The summed E-state index contributed by atoms with van der Waals surface area (Å²) in [6.45, 7) is 0. The SMILES string of the molecule is Cn1cnc(-n2ccnc2)cc1=O. The topological polar surface area (TPSA) is 52.7 Å². The first-order chi connectivity index (χ1) is 6.27. The zero-order valence-corrected chi connectivity index (χ0v) is 7.08. The van der Waals surface area contributed by atoms with Gasteiger partial charge in [0, 0.05) is 25.5 Å². The van der Waals surface area contributed by atoms with Crippen molar-refractivity contribution in [2.24, 2.45) is 7.05 Å². The fourth-order valence-corrected chi connectivity index (χ4v) is 0.988. The molecule has 5 nitrogen and oxygen atoms in total. The van der Waals surface area contributed by atoms with Crippen LogP contribution in [0.4, 0.5) is 0 Å². The summed E-state index contributed by atoms with van der Waals surface area (Å²) in [6.07, 6.45) is 6.46. The molecule has 2 aromatic rings. The summed E-state index contributed by atoms with van der Waals surface area (Å²) >= 11 is 0. The summed E-state index contributed by atoms with van der Waals surface area (Å²) < 4.78 is 3.10. The lowest BCUT2D eigenvalue weighted by Crippen LogP contribution is -2.17. The molecular weight excluding hydrogens is 168 g/mol. The predicted octanol–water partition coefficient (Wildman–Crippen LogP) is -0.0340. The number of hydrogen-bond donors (Lipinski definition) is 0. The van der Waals surface area contributed by atoms with E-state index in [2.05, 4.69) is 9.97 Å². The van der Waals surface area contributed by atoms with Gasteiger partial charge in [-0.3, -0.25) is 9.36 Å². The highest BCUT2D eigenvalue weighted by Crippen LogP contribution is 1.97. The molecular formula is C8H8N4O. The minimum absolute atomic E-state index is 0.0845. The van der Waals surface area contributed by atoms with Crippen LogP contribution in [0.1, 0.15) is 0 Å². The van der Waals surface area contributed by atoms with E-state index in [1.807, 2.05) is 0 Å². The Labute approximate surface area is 74.3 Å². The van der Waals surface area contributed by atoms with Gasteiger partial charge in [0.25, 0.3) is 5.56 Å². The molecule has 0 amide bonds. The largest absolute Gasteiger partial charge is 0.302 e. The van der Waals surface area contributed by atoms with E-state index in [4.69, 9.17) is 0 Å². The van der Waals surface area contributed by atoms with Gasteiger partial charge in [0.05, 0.1) is 6.33 Å². The van der Waals surface area contributed by atoms with Crippen LogP contribution in [-0.2, 0) is 7.05 Å². The summed E-state index contributed by atoms with van der Waals surface area (Å²) in [5.41, 5.74) is -0.0845. The van der Waals surface area contributed by atoms with Gasteiger partial charge >= 0.3 is 0 Å². The summed E-state index contributed by atoms with van der Waals surface area (Å²) in [7, 11) is 1.66. The Kier molecular flexibility index (Phi) is 1.70. The molecule has 13 heavy (non-hydrogen) atoms. The highest BCUT2D eigenvalue weighted by atomic mass is 16.1. The second kappa shape index (κ2) is 2.85. The summed E-state index contributed by atoms with van der Waals surface area (Å²) in [6, 6.07) is 1.46. The highest BCUT2D eigenvalue weighted by molar-refractivity contribution is 5.18. The fourth-order valence-electron chi connectivity index (χ4n) is 0.988. The Morgan fingerprint density at radius 1 is 1.38 bits per heavy atom. The maximum Gasteiger partial charge on any atom is 0.255 e. The van der Waals surface area contributed by atoms with Crippen LogP contribution in [0.5, 0.6) is 0 Å². The first-order valence-electron chi connectivity index (χ1n) is 3.78. The first-order valence-corrected chi connectivity index (χ1v) is 3.78. The lowest BCUT2D eigenvalue weighted by atomic mass is 10.5. The number of aryl methyl sites for hydroxylation is 1. The van der Waals surface area contributed by atoms with Crippen molar-refractivity contribution in [3.8, 4) is 5.82 Å². The van der Waals surface area contributed by atoms with Gasteiger partial charge < -0.3 is 4.57 Å². The standard InChI is InChI=1S/C8H8N4O/c1-11-6-10-7(4-8(11)13)12-3-2-9-5-12/h2-6H,1H3. The summed E-state index contributed by atoms with van der Waals surface area (Å²) in [4.78, 5) is 19.2. The molecule has 0 saturated heterocycles. The van der Waals surface area contributed by atoms with Crippen molar-refractivity contribution >= 4 is 0 Å². The Morgan fingerprint density at radius 2 is 2.23 bits per heavy atom. The van der Waals surface area contributed by atoms with Crippen molar-refractivity contribution in [2.75, 3.05) is 0 Å².